The minimum absolute atomic E-state index is 0.144. The Kier molecular flexibility index (Phi) is 16.6. The van der Waals surface area contributed by atoms with Gasteiger partial charge in [-0.3, -0.25) is 0 Å². The summed E-state index contributed by atoms with van der Waals surface area (Å²) in [5.41, 5.74) is 0.824. The van der Waals surface area contributed by atoms with Crippen molar-refractivity contribution in [1.82, 2.24) is 0 Å². The van der Waals surface area contributed by atoms with Crippen molar-refractivity contribution in [3.8, 4) is 11.5 Å². The van der Waals surface area contributed by atoms with Crippen molar-refractivity contribution in [2.75, 3.05) is 19.8 Å². The summed E-state index contributed by atoms with van der Waals surface area (Å²) in [6, 6.07) is 13.3. The van der Waals surface area contributed by atoms with Crippen LogP contribution in [0.5, 0.6) is 11.5 Å². The van der Waals surface area contributed by atoms with Gasteiger partial charge in [-0.25, -0.2) is 9.59 Å². The Labute approximate surface area is 228 Å². The predicted octanol–water partition coefficient (Wildman–Crippen LogP) is 7.92. The summed E-state index contributed by atoms with van der Waals surface area (Å²) in [4.78, 5) is 24.5. The van der Waals surface area contributed by atoms with Crippen LogP contribution in [0.3, 0.4) is 0 Å². The van der Waals surface area contributed by atoms with Crippen molar-refractivity contribution in [2.24, 2.45) is 0 Å². The van der Waals surface area contributed by atoms with Crippen LogP contribution >= 0.6 is 0 Å². The quantitative estimate of drug-likeness (QED) is 0.101. The number of aliphatic hydroxyl groups is 1. The van der Waals surface area contributed by atoms with Gasteiger partial charge in [0.1, 0.15) is 11.5 Å². The maximum atomic E-state index is 12.5. The maximum absolute atomic E-state index is 12.5. The van der Waals surface area contributed by atoms with Crippen LogP contribution in [-0.2, 0) is 4.74 Å². The van der Waals surface area contributed by atoms with E-state index in [1.807, 2.05) is 0 Å². The van der Waals surface area contributed by atoms with Crippen molar-refractivity contribution in [1.29, 1.82) is 0 Å². The van der Waals surface area contributed by atoms with E-state index >= 15 is 0 Å². The lowest BCUT2D eigenvalue weighted by molar-refractivity contribution is 0.0496. The molecule has 0 radical (unpaired) electrons. The summed E-state index contributed by atoms with van der Waals surface area (Å²) in [6.45, 7) is 3.39. The number of benzene rings is 2. The SMILES string of the molecule is CCCCCCCCCCCCCOc1ccc(C(=O)Oc2ccc(C(=O)OCCCCCO)cc2)cc1. The third-order valence-corrected chi connectivity index (χ3v) is 6.44. The van der Waals surface area contributed by atoms with Crippen LogP contribution in [0.1, 0.15) is 118 Å². The monoisotopic (exact) mass is 526 g/mol. The van der Waals surface area contributed by atoms with Crippen LogP contribution in [0.2, 0.25) is 0 Å². The van der Waals surface area contributed by atoms with E-state index in [9.17, 15) is 9.59 Å². The molecule has 0 aliphatic heterocycles. The normalized spacial score (nSPS) is 10.8. The van der Waals surface area contributed by atoms with Crippen molar-refractivity contribution in [2.45, 2.75) is 96.8 Å². The van der Waals surface area contributed by atoms with E-state index in [-0.39, 0.29) is 6.61 Å². The van der Waals surface area contributed by atoms with Crippen LogP contribution in [0.25, 0.3) is 0 Å². The zero-order valence-electron chi connectivity index (χ0n) is 23.1. The average Bonchev–Trinajstić information content (AvgIpc) is 2.94. The fourth-order valence-electron chi connectivity index (χ4n) is 4.11. The maximum Gasteiger partial charge on any atom is 0.343 e. The molecule has 2 aromatic rings. The molecule has 2 rings (SSSR count). The Bertz CT molecular complexity index is 891. The second kappa shape index (κ2) is 20.1. The topological polar surface area (TPSA) is 82.1 Å². The zero-order valence-corrected chi connectivity index (χ0v) is 23.1. The summed E-state index contributed by atoms with van der Waals surface area (Å²) >= 11 is 0. The Morgan fingerprint density at radius 2 is 1.05 bits per heavy atom. The summed E-state index contributed by atoms with van der Waals surface area (Å²) in [7, 11) is 0. The van der Waals surface area contributed by atoms with Crippen LogP contribution in [0.15, 0.2) is 48.5 Å². The first-order chi connectivity index (χ1) is 18.6. The van der Waals surface area contributed by atoms with Crippen LogP contribution in [0.4, 0.5) is 0 Å². The van der Waals surface area contributed by atoms with Crippen molar-refractivity contribution in [3.63, 3.8) is 0 Å². The van der Waals surface area contributed by atoms with Gasteiger partial charge in [-0.05, 0) is 74.2 Å². The zero-order chi connectivity index (χ0) is 27.3. The smallest absolute Gasteiger partial charge is 0.343 e. The molecule has 210 valence electrons. The largest absolute Gasteiger partial charge is 0.494 e. The first kappa shape index (κ1) is 31.4. The lowest BCUT2D eigenvalue weighted by atomic mass is 10.1. The van der Waals surface area contributed by atoms with Gasteiger partial charge in [0, 0.05) is 6.61 Å². The van der Waals surface area contributed by atoms with Crippen molar-refractivity contribution >= 4 is 11.9 Å². The molecule has 0 aromatic heterocycles. The summed E-state index contributed by atoms with van der Waals surface area (Å²) in [5.74, 6) is 0.205. The minimum atomic E-state index is -0.471. The minimum Gasteiger partial charge on any atom is -0.494 e. The van der Waals surface area contributed by atoms with Gasteiger partial charge in [-0.1, -0.05) is 71.1 Å². The number of aliphatic hydroxyl groups excluding tert-OH is 1. The lowest BCUT2D eigenvalue weighted by Gasteiger charge is -2.08. The predicted molar refractivity (Wildman–Crippen MR) is 151 cm³/mol. The summed E-state index contributed by atoms with van der Waals surface area (Å²) < 4.78 is 16.5. The summed E-state index contributed by atoms with van der Waals surface area (Å²) in [6.07, 6.45) is 16.5. The average molecular weight is 527 g/mol. The van der Waals surface area contributed by atoms with E-state index in [4.69, 9.17) is 19.3 Å². The van der Waals surface area contributed by atoms with E-state index in [2.05, 4.69) is 6.92 Å². The highest BCUT2D eigenvalue weighted by Crippen LogP contribution is 2.18. The number of hydrogen-bond donors (Lipinski definition) is 1. The fourth-order valence-corrected chi connectivity index (χ4v) is 4.11. The fraction of sp³-hybridized carbons (Fsp3) is 0.562. The van der Waals surface area contributed by atoms with Crippen molar-refractivity contribution < 1.29 is 28.9 Å². The molecule has 0 saturated carbocycles. The number of esters is 2. The Balaban J connectivity index is 1.60. The van der Waals surface area contributed by atoms with Gasteiger partial charge >= 0.3 is 11.9 Å². The molecule has 0 bridgehead atoms. The molecule has 6 nitrogen and oxygen atoms in total. The van der Waals surface area contributed by atoms with Gasteiger partial charge in [0.05, 0.1) is 24.3 Å². The number of unbranched alkanes of at least 4 members (excludes halogenated alkanes) is 12. The number of hydrogen-bond acceptors (Lipinski definition) is 6. The Morgan fingerprint density at radius 3 is 1.63 bits per heavy atom. The van der Waals surface area contributed by atoms with Gasteiger partial charge in [0.2, 0.25) is 0 Å². The first-order valence-corrected chi connectivity index (χ1v) is 14.5. The van der Waals surface area contributed by atoms with Crippen LogP contribution in [-0.4, -0.2) is 36.9 Å². The second-order valence-corrected chi connectivity index (χ2v) is 9.74. The van der Waals surface area contributed by atoms with E-state index < -0.39 is 11.9 Å². The second-order valence-electron chi connectivity index (χ2n) is 9.74. The first-order valence-electron chi connectivity index (χ1n) is 14.5. The molecule has 0 amide bonds. The molecule has 1 N–H and O–H groups in total. The van der Waals surface area contributed by atoms with Gasteiger partial charge in [0.25, 0.3) is 0 Å². The van der Waals surface area contributed by atoms with Crippen LogP contribution < -0.4 is 9.47 Å². The van der Waals surface area contributed by atoms with E-state index in [0.29, 0.717) is 42.9 Å². The molecule has 0 aliphatic carbocycles. The summed E-state index contributed by atoms with van der Waals surface area (Å²) in [5, 5.41) is 8.77. The number of rotatable bonds is 21. The Morgan fingerprint density at radius 1 is 0.579 bits per heavy atom. The molecule has 0 spiro atoms. The van der Waals surface area contributed by atoms with Gasteiger partial charge in [0.15, 0.2) is 0 Å². The van der Waals surface area contributed by atoms with Gasteiger partial charge in [-0.15, -0.1) is 0 Å². The van der Waals surface area contributed by atoms with E-state index in [0.717, 1.165) is 18.6 Å². The molecule has 0 atom stereocenters. The number of ether oxygens (including phenoxy) is 3. The molecule has 0 unspecified atom stereocenters. The molecule has 0 heterocycles. The third kappa shape index (κ3) is 13.6. The molecule has 6 heteroatoms. The van der Waals surface area contributed by atoms with E-state index in [1.54, 1.807) is 48.5 Å². The highest BCUT2D eigenvalue weighted by molar-refractivity contribution is 5.92. The standard InChI is InChI=1S/C32H46O6/c1-2-3-4-5-6-7-8-9-10-11-14-25-36-29-20-16-28(17-21-29)32(35)38-30-22-18-27(19-23-30)31(34)37-26-15-12-13-24-33/h16-23,33H,2-15,24-26H2,1H3. The molecule has 0 fully saturated rings. The van der Waals surface area contributed by atoms with Gasteiger partial charge < -0.3 is 19.3 Å². The molecule has 38 heavy (non-hydrogen) atoms. The molecular weight excluding hydrogens is 480 g/mol. The van der Waals surface area contributed by atoms with E-state index in [1.165, 1.54) is 64.2 Å². The molecular formula is C32H46O6. The number of carbonyl (C=O) groups is 2. The molecule has 0 aliphatic rings. The van der Waals surface area contributed by atoms with Gasteiger partial charge in [-0.2, -0.15) is 0 Å². The highest BCUT2D eigenvalue weighted by atomic mass is 16.5. The third-order valence-electron chi connectivity index (χ3n) is 6.44. The lowest BCUT2D eigenvalue weighted by Crippen LogP contribution is -2.09. The molecule has 2 aromatic carbocycles. The van der Waals surface area contributed by atoms with Crippen molar-refractivity contribution in [3.05, 3.63) is 59.7 Å². The number of carbonyl (C=O) groups excluding carboxylic acids is 2. The van der Waals surface area contributed by atoms with Crippen LogP contribution in [0, 0.1) is 0 Å². The highest BCUT2D eigenvalue weighted by Gasteiger charge is 2.11. The Hall–Kier alpha value is -2.86. The molecule has 0 saturated heterocycles.